The lowest BCUT2D eigenvalue weighted by Gasteiger charge is -1.99. The molecule has 0 radical (unpaired) electrons. The summed E-state index contributed by atoms with van der Waals surface area (Å²) in [5, 5.41) is 2.40. The topological polar surface area (TPSA) is 90.7 Å². The van der Waals surface area contributed by atoms with Crippen LogP contribution in [0.5, 0.6) is 0 Å². The summed E-state index contributed by atoms with van der Waals surface area (Å²) in [7, 11) is -4.64. The van der Waals surface area contributed by atoms with Crippen LogP contribution in [0, 0.1) is 0 Å². The second kappa shape index (κ2) is 5.47. The fraction of sp³-hybridized carbons (Fsp3) is 0. The summed E-state index contributed by atoms with van der Waals surface area (Å²) in [5.41, 5.74) is 2.12. The van der Waals surface area contributed by atoms with Crippen molar-refractivity contribution in [1.82, 2.24) is 4.98 Å². The third-order valence-electron chi connectivity index (χ3n) is 2.43. The largest absolute Gasteiger partial charge is 0.466 e. The number of nitrogens with zero attached hydrogens (tertiary/aromatic N) is 1. The molecule has 3 aromatic rings. The van der Waals surface area contributed by atoms with Gasteiger partial charge in [0.2, 0.25) is 0 Å². The highest BCUT2D eigenvalue weighted by Gasteiger charge is 2.00. The van der Waals surface area contributed by atoms with Crippen LogP contribution in [0.3, 0.4) is 0 Å². The van der Waals surface area contributed by atoms with E-state index in [-0.39, 0.29) is 0 Å². The van der Waals surface area contributed by atoms with Gasteiger partial charge in [-0.25, -0.2) is 9.55 Å². The van der Waals surface area contributed by atoms with Gasteiger partial charge in [0.1, 0.15) is 0 Å². The molecule has 0 aliphatic heterocycles. The van der Waals surface area contributed by atoms with Crippen molar-refractivity contribution in [3.63, 3.8) is 0 Å². The average Bonchev–Trinajstić information content (AvgIpc) is 2.34. The van der Waals surface area contributed by atoms with Crippen molar-refractivity contribution in [2.24, 2.45) is 0 Å². The van der Waals surface area contributed by atoms with E-state index >= 15 is 0 Å². The predicted octanol–water partition coefficient (Wildman–Crippen LogP) is 2.46. The van der Waals surface area contributed by atoms with Gasteiger partial charge in [-0.2, -0.15) is 0 Å². The SMILES string of the molecule is O=P(O)(O)O.c1ccc2nc3ccccc3cc2c1. The minimum Gasteiger partial charge on any atom is -0.303 e. The summed E-state index contributed by atoms with van der Waals surface area (Å²) in [5.74, 6) is 0. The lowest BCUT2D eigenvalue weighted by Crippen LogP contribution is -1.80. The Balaban J connectivity index is 0.000000232. The summed E-state index contributed by atoms with van der Waals surface area (Å²) < 4.78 is 8.88. The van der Waals surface area contributed by atoms with Crippen LogP contribution in [-0.2, 0) is 4.57 Å². The first-order valence-electron chi connectivity index (χ1n) is 5.46. The molecule has 5 nitrogen and oxygen atoms in total. The van der Waals surface area contributed by atoms with Crippen LogP contribution in [-0.4, -0.2) is 19.7 Å². The van der Waals surface area contributed by atoms with E-state index in [4.69, 9.17) is 19.2 Å². The average molecular weight is 277 g/mol. The monoisotopic (exact) mass is 277 g/mol. The highest BCUT2D eigenvalue weighted by atomic mass is 31.2. The summed E-state index contributed by atoms with van der Waals surface area (Å²) >= 11 is 0. The van der Waals surface area contributed by atoms with Crippen molar-refractivity contribution in [2.75, 3.05) is 0 Å². The Morgan fingerprint density at radius 1 is 0.789 bits per heavy atom. The zero-order valence-corrected chi connectivity index (χ0v) is 10.7. The molecule has 2 aromatic carbocycles. The summed E-state index contributed by atoms with van der Waals surface area (Å²) in [6.45, 7) is 0. The Morgan fingerprint density at radius 3 is 1.58 bits per heavy atom. The summed E-state index contributed by atoms with van der Waals surface area (Å²) in [6, 6.07) is 18.6. The van der Waals surface area contributed by atoms with Gasteiger partial charge in [-0.05, 0) is 18.2 Å². The maximum absolute atomic E-state index is 8.88. The number of aromatic nitrogens is 1. The first-order valence-corrected chi connectivity index (χ1v) is 7.03. The first-order chi connectivity index (χ1) is 8.93. The first kappa shape index (κ1) is 13.6. The Labute approximate surface area is 109 Å². The van der Waals surface area contributed by atoms with Gasteiger partial charge in [0.15, 0.2) is 0 Å². The maximum Gasteiger partial charge on any atom is 0.466 e. The van der Waals surface area contributed by atoms with Gasteiger partial charge < -0.3 is 14.7 Å². The molecule has 3 N–H and O–H groups in total. The second-order valence-corrected chi connectivity index (χ2v) is 4.91. The van der Waals surface area contributed by atoms with Crippen LogP contribution in [0.25, 0.3) is 21.8 Å². The minimum atomic E-state index is -4.64. The lowest BCUT2D eigenvalue weighted by molar-refractivity contribution is 0.275. The molecular weight excluding hydrogens is 265 g/mol. The van der Waals surface area contributed by atoms with E-state index in [0.29, 0.717) is 0 Å². The molecule has 0 spiro atoms. The molecule has 19 heavy (non-hydrogen) atoms. The Kier molecular flexibility index (Phi) is 3.93. The quantitative estimate of drug-likeness (QED) is 0.433. The minimum absolute atomic E-state index is 1.06. The number of hydrogen-bond acceptors (Lipinski definition) is 2. The number of benzene rings is 2. The Hall–Kier alpha value is -1.78. The van der Waals surface area contributed by atoms with Crippen LogP contribution in [0.2, 0.25) is 0 Å². The summed E-state index contributed by atoms with van der Waals surface area (Å²) in [6.07, 6.45) is 0. The fourth-order valence-electron chi connectivity index (χ4n) is 1.72. The molecule has 0 fully saturated rings. The fourth-order valence-corrected chi connectivity index (χ4v) is 1.72. The smallest absolute Gasteiger partial charge is 0.303 e. The second-order valence-electron chi connectivity index (χ2n) is 3.89. The van der Waals surface area contributed by atoms with E-state index in [2.05, 4.69) is 23.2 Å². The molecule has 0 unspecified atom stereocenters. The third-order valence-corrected chi connectivity index (χ3v) is 2.43. The van der Waals surface area contributed by atoms with Crippen LogP contribution in [0.4, 0.5) is 0 Å². The van der Waals surface area contributed by atoms with Crippen molar-refractivity contribution >= 4 is 29.6 Å². The van der Waals surface area contributed by atoms with Crippen molar-refractivity contribution in [2.45, 2.75) is 0 Å². The normalized spacial score (nSPS) is 11.1. The van der Waals surface area contributed by atoms with E-state index in [1.54, 1.807) is 0 Å². The van der Waals surface area contributed by atoms with Crippen LogP contribution < -0.4 is 0 Å². The molecule has 0 aliphatic rings. The molecule has 0 saturated heterocycles. The number of phosphoric acid groups is 1. The van der Waals surface area contributed by atoms with Gasteiger partial charge in [0.05, 0.1) is 11.0 Å². The van der Waals surface area contributed by atoms with E-state index in [1.807, 2.05) is 36.4 Å². The van der Waals surface area contributed by atoms with Gasteiger partial charge in [-0.15, -0.1) is 0 Å². The standard InChI is InChI=1S/C13H9N.H3O4P/c1-3-7-12-10(5-1)9-11-6-2-4-8-13(11)14-12;1-5(2,3)4/h1-9H;(H3,1,2,3,4). The zero-order chi connectivity index (χ0) is 13.9. The molecule has 98 valence electrons. The Morgan fingerprint density at radius 2 is 1.16 bits per heavy atom. The van der Waals surface area contributed by atoms with Crippen LogP contribution in [0.15, 0.2) is 54.6 Å². The number of para-hydroxylation sites is 2. The highest BCUT2D eigenvalue weighted by Crippen LogP contribution is 2.25. The van der Waals surface area contributed by atoms with Gasteiger partial charge in [0.25, 0.3) is 0 Å². The van der Waals surface area contributed by atoms with Crippen LogP contribution >= 0.6 is 7.82 Å². The van der Waals surface area contributed by atoms with Gasteiger partial charge in [-0.3, -0.25) is 0 Å². The molecule has 1 heterocycles. The zero-order valence-electron chi connectivity index (χ0n) is 9.84. The lowest BCUT2D eigenvalue weighted by atomic mass is 10.1. The number of pyridine rings is 1. The molecular formula is C13H12NO4P. The molecule has 0 atom stereocenters. The molecule has 3 rings (SSSR count). The molecule has 6 heteroatoms. The number of fused-ring (bicyclic) bond motifs is 2. The van der Waals surface area contributed by atoms with Gasteiger partial charge in [-0.1, -0.05) is 36.4 Å². The van der Waals surface area contributed by atoms with Crippen molar-refractivity contribution in [3.8, 4) is 0 Å². The third kappa shape index (κ3) is 4.12. The highest BCUT2D eigenvalue weighted by molar-refractivity contribution is 7.45. The predicted molar refractivity (Wildman–Crippen MR) is 73.5 cm³/mol. The summed E-state index contributed by atoms with van der Waals surface area (Å²) in [4.78, 5) is 26.1. The van der Waals surface area contributed by atoms with Crippen molar-refractivity contribution in [1.29, 1.82) is 0 Å². The van der Waals surface area contributed by atoms with Gasteiger partial charge >= 0.3 is 7.82 Å². The van der Waals surface area contributed by atoms with E-state index < -0.39 is 7.82 Å². The van der Waals surface area contributed by atoms with E-state index in [0.717, 1.165) is 11.0 Å². The number of rotatable bonds is 0. The molecule has 0 amide bonds. The number of hydrogen-bond donors (Lipinski definition) is 3. The van der Waals surface area contributed by atoms with Gasteiger partial charge in [0, 0.05) is 10.8 Å². The molecule has 0 saturated carbocycles. The molecule has 1 aromatic heterocycles. The molecule has 0 aliphatic carbocycles. The van der Waals surface area contributed by atoms with E-state index in [9.17, 15) is 0 Å². The Bertz CT molecular complexity index is 640. The maximum atomic E-state index is 8.88. The van der Waals surface area contributed by atoms with Crippen molar-refractivity contribution in [3.05, 3.63) is 54.6 Å². The van der Waals surface area contributed by atoms with Crippen molar-refractivity contribution < 1.29 is 19.2 Å². The van der Waals surface area contributed by atoms with E-state index in [1.165, 1.54) is 10.8 Å². The van der Waals surface area contributed by atoms with Crippen LogP contribution in [0.1, 0.15) is 0 Å². The molecule has 0 bridgehead atoms.